The SMILES string of the molecule is O=C([O-])C(=NO)C(c1ccc(OCc2ccc3ccc(Cl)cc3n2)cc1)c1ccc(OCc2ccc3ccc(Cl)cc3n2)cc1.[Na+]. The molecular formula is C35H24Cl2N3NaO5. The van der Waals surface area contributed by atoms with Gasteiger partial charge in [0, 0.05) is 20.8 Å². The fourth-order valence-corrected chi connectivity index (χ4v) is 5.31. The second-order valence-corrected chi connectivity index (χ2v) is 11.1. The topological polar surface area (TPSA) is 117 Å². The van der Waals surface area contributed by atoms with Gasteiger partial charge < -0.3 is 24.6 Å². The molecule has 224 valence electrons. The average molecular weight is 660 g/mol. The second-order valence-electron chi connectivity index (χ2n) is 10.2. The Morgan fingerprint density at radius 3 is 1.50 bits per heavy atom. The van der Waals surface area contributed by atoms with E-state index >= 15 is 0 Å². The van der Waals surface area contributed by atoms with Crippen LogP contribution in [0.25, 0.3) is 21.8 Å². The molecule has 6 aromatic rings. The maximum atomic E-state index is 11.9. The average Bonchev–Trinajstić information content (AvgIpc) is 3.05. The van der Waals surface area contributed by atoms with Crippen molar-refractivity contribution in [1.82, 2.24) is 9.97 Å². The van der Waals surface area contributed by atoms with Crippen molar-refractivity contribution >= 4 is 56.7 Å². The number of hydrogen-bond acceptors (Lipinski definition) is 8. The summed E-state index contributed by atoms with van der Waals surface area (Å²) in [4.78, 5) is 21.1. The van der Waals surface area contributed by atoms with Gasteiger partial charge in [0.25, 0.3) is 0 Å². The summed E-state index contributed by atoms with van der Waals surface area (Å²) in [6, 6.07) is 32.4. The first-order valence-electron chi connectivity index (χ1n) is 13.9. The molecule has 46 heavy (non-hydrogen) atoms. The molecule has 11 heteroatoms. The van der Waals surface area contributed by atoms with E-state index in [9.17, 15) is 15.1 Å². The Hall–Kier alpha value is -4.18. The minimum absolute atomic E-state index is 0. The maximum absolute atomic E-state index is 11.9. The number of oxime groups is 1. The number of pyridine rings is 2. The van der Waals surface area contributed by atoms with Crippen molar-refractivity contribution < 1.29 is 54.1 Å². The number of rotatable bonds is 10. The number of carboxylic acids is 1. The van der Waals surface area contributed by atoms with E-state index in [-0.39, 0.29) is 42.8 Å². The van der Waals surface area contributed by atoms with Crippen LogP contribution in [-0.2, 0) is 18.0 Å². The van der Waals surface area contributed by atoms with Gasteiger partial charge in [-0.3, -0.25) is 0 Å². The van der Waals surface area contributed by atoms with Gasteiger partial charge in [-0.2, -0.15) is 0 Å². The first kappa shape index (κ1) is 33.2. The number of ether oxygens (including phenoxy) is 2. The van der Waals surface area contributed by atoms with Crippen LogP contribution >= 0.6 is 23.2 Å². The number of fused-ring (bicyclic) bond motifs is 2. The number of hydrogen-bond donors (Lipinski definition) is 1. The Balaban J connectivity index is 0.00000417. The summed E-state index contributed by atoms with van der Waals surface area (Å²) in [5, 5.41) is 27.7. The molecule has 1 N–H and O–H groups in total. The first-order chi connectivity index (χ1) is 21.9. The molecule has 0 amide bonds. The number of halogens is 2. The van der Waals surface area contributed by atoms with Crippen molar-refractivity contribution in [2.75, 3.05) is 0 Å². The van der Waals surface area contributed by atoms with Crippen LogP contribution in [0.4, 0.5) is 0 Å². The second kappa shape index (κ2) is 14.9. The molecule has 0 aliphatic carbocycles. The van der Waals surface area contributed by atoms with Gasteiger partial charge in [-0.15, -0.1) is 0 Å². The standard InChI is InChI=1S/C35H25Cl2N3O5.Na/c36-25-9-1-21-3-11-27(38-31(21)17-25)19-44-29-13-5-23(6-14-29)33(34(40-43)35(41)42)24-7-15-30(16-8-24)45-20-28-12-4-22-2-10-26(37)18-32(22)39-28;/h1-18,33,43H,19-20H2,(H,41,42);/q;+1/p-1. The van der Waals surface area contributed by atoms with Crippen molar-refractivity contribution in [3.63, 3.8) is 0 Å². The molecule has 8 nitrogen and oxygen atoms in total. The number of carboxylic acid groups (broad SMARTS) is 1. The number of carbonyl (C=O) groups is 1. The van der Waals surface area contributed by atoms with E-state index in [0.29, 0.717) is 32.7 Å². The predicted octanol–water partition coefficient (Wildman–Crippen LogP) is 3.96. The van der Waals surface area contributed by atoms with Crippen LogP contribution in [0, 0.1) is 0 Å². The van der Waals surface area contributed by atoms with Crippen LogP contribution in [0.5, 0.6) is 11.5 Å². The Kier molecular flexibility index (Phi) is 10.8. The maximum Gasteiger partial charge on any atom is 1.00 e. The van der Waals surface area contributed by atoms with Gasteiger partial charge in [0.15, 0.2) is 0 Å². The van der Waals surface area contributed by atoms with E-state index in [1.807, 2.05) is 48.5 Å². The van der Waals surface area contributed by atoms with Crippen molar-refractivity contribution in [2.24, 2.45) is 5.16 Å². The number of aliphatic carboxylic acids is 1. The molecule has 0 bridgehead atoms. The Labute approximate surface area is 296 Å². The molecule has 0 unspecified atom stereocenters. The van der Waals surface area contributed by atoms with Crippen molar-refractivity contribution in [1.29, 1.82) is 0 Å². The summed E-state index contributed by atoms with van der Waals surface area (Å²) >= 11 is 12.2. The third-order valence-electron chi connectivity index (χ3n) is 7.21. The Bertz CT molecular complexity index is 1910. The van der Waals surface area contributed by atoms with E-state index in [0.717, 1.165) is 33.2 Å². The molecule has 0 radical (unpaired) electrons. The van der Waals surface area contributed by atoms with Crippen LogP contribution in [0.3, 0.4) is 0 Å². The van der Waals surface area contributed by atoms with Crippen LogP contribution in [0.1, 0.15) is 28.4 Å². The van der Waals surface area contributed by atoms with Gasteiger partial charge in [0.05, 0.1) is 34.3 Å². The van der Waals surface area contributed by atoms with Gasteiger partial charge in [-0.1, -0.05) is 76.9 Å². The molecule has 0 spiro atoms. The molecule has 4 aromatic carbocycles. The van der Waals surface area contributed by atoms with Crippen LogP contribution in [0.2, 0.25) is 10.0 Å². The zero-order valence-electron chi connectivity index (χ0n) is 24.6. The molecule has 0 aliphatic rings. The molecule has 0 saturated carbocycles. The normalized spacial score (nSPS) is 11.4. The summed E-state index contributed by atoms with van der Waals surface area (Å²) in [5.41, 5.74) is 3.58. The van der Waals surface area contributed by atoms with Gasteiger partial charge >= 0.3 is 29.6 Å². The summed E-state index contributed by atoms with van der Waals surface area (Å²) in [6.07, 6.45) is 0. The monoisotopic (exact) mass is 659 g/mol. The van der Waals surface area contributed by atoms with Gasteiger partial charge in [0.2, 0.25) is 0 Å². The number of nitrogens with zero attached hydrogens (tertiary/aromatic N) is 3. The van der Waals surface area contributed by atoms with E-state index < -0.39 is 17.6 Å². The molecule has 2 aromatic heterocycles. The van der Waals surface area contributed by atoms with Crippen molar-refractivity contribution in [2.45, 2.75) is 19.1 Å². The fourth-order valence-electron chi connectivity index (χ4n) is 4.98. The number of aromatic nitrogens is 2. The molecule has 6 rings (SSSR count). The first-order valence-corrected chi connectivity index (χ1v) is 14.6. The molecule has 0 atom stereocenters. The van der Waals surface area contributed by atoms with Gasteiger partial charge in [-0.05, 0) is 71.8 Å². The van der Waals surface area contributed by atoms with Crippen molar-refractivity contribution in [3.8, 4) is 11.5 Å². The summed E-state index contributed by atoms with van der Waals surface area (Å²) in [6.45, 7) is 0.440. The third kappa shape index (κ3) is 7.78. The Morgan fingerprint density at radius 1 is 0.696 bits per heavy atom. The summed E-state index contributed by atoms with van der Waals surface area (Å²) in [7, 11) is 0. The smallest absolute Gasteiger partial charge is 0.543 e. The zero-order chi connectivity index (χ0) is 31.3. The van der Waals surface area contributed by atoms with Crippen molar-refractivity contribution in [3.05, 3.63) is 142 Å². The minimum atomic E-state index is -1.59. The molecular weight excluding hydrogens is 636 g/mol. The fraction of sp³-hybridized carbons (Fsp3) is 0.0857. The molecule has 2 heterocycles. The summed E-state index contributed by atoms with van der Waals surface area (Å²) in [5.74, 6) is -1.40. The molecule has 0 saturated heterocycles. The number of benzene rings is 4. The third-order valence-corrected chi connectivity index (χ3v) is 7.68. The quantitative estimate of drug-likeness (QED) is 0.102. The van der Waals surface area contributed by atoms with Crippen LogP contribution in [-0.4, -0.2) is 26.9 Å². The largest absolute Gasteiger partial charge is 1.00 e. The van der Waals surface area contributed by atoms with E-state index in [2.05, 4.69) is 15.1 Å². The zero-order valence-corrected chi connectivity index (χ0v) is 28.1. The van der Waals surface area contributed by atoms with Crippen LogP contribution < -0.4 is 44.1 Å². The van der Waals surface area contributed by atoms with E-state index in [4.69, 9.17) is 32.7 Å². The minimum Gasteiger partial charge on any atom is -0.543 e. The van der Waals surface area contributed by atoms with Crippen LogP contribution in [0.15, 0.2) is 114 Å². The van der Waals surface area contributed by atoms with Gasteiger partial charge in [-0.25, -0.2) is 9.97 Å². The number of carbonyl (C=O) groups excluding carboxylic acids is 1. The summed E-state index contributed by atoms with van der Waals surface area (Å²) < 4.78 is 11.8. The predicted molar refractivity (Wildman–Crippen MR) is 171 cm³/mol. The van der Waals surface area contributed by atoms with Gasteiger partial charge in [0.1, 0.15) is 30.4 Å². The van der Waals surface area contributed by atoms with E-state index in [1.54, 1.807) is 60.7 Å². The molecule has 0 aliphatic heterocycles. The molecule has 0 fully saturated rings. The van der Waals surface area contributed by atoms with E-state index in [1.165, 1.54) is 0 Å². The Morgan fingerprint density at radius 2 is 1.11 bits per heavy atom.